The second kappa shape index (κ2) is 16.2. The van der Waals surface area contributed by atoms with Gasteiger partial charge in [0, 0.05) is 38.9 Å². The predicted molar refractivity (Wildman–Crippen MR) is 192 cm³/mol. The lowest BCUT2D eigenvalue weighted by molar-refractivity contribution is -0.0994. The molecule has 0 amide bonds. The summed E-state index contributed by atoms with van der Waals surface area (Å²) >= 11 is 0. The molecule has 0 aliphatic carbocycles. The Morgan fingerprint density at radius 1 is 0.922 bits per heavy atom. The van der Waals surface area contributed by atoms with Gasteiger partial charge in [0.25, 0.3) is 0 Å². The molecule has 2 aliphatic heterocycles. The first-order chi connectivity index (χ1) is 24.8. The van der Waals surface area contributed by atoms with Gasteiger partial charge in [0.1, 0.15) is 41.2 Å². The normalized spacial score (nSPS) is 21.4. The highest BCUT2D eigenvalue weighted by atomic mass is 16.6. The van der Waals surface area contributed by atoms with Gasteiger partial charge in [0.05, 0.1) is 34.0 Å². The van der Waals surface area contributed by atoms with Gasteiger partial charge in [-0.15, -0.1) is 0 Å². The zero-order valence-corrected chi connectivity index (χ0v) is 29.7. The summed E-state index contributed by atoms with van der Waals surface area (Å²) in [7, 11) is 6.80. The summed E-state index contributed by atoms with van der Waals surface area (Å²) in [5.41, 5.74) is 1.51. The number of likely N-dealkylation sites (tertiary alicyclic amines) is 1. The summed E-state index contributed by atoms with van der Waals surface area (Å²) in [5, 5.41) is 11.8. The Hall–Kier alpha value is -4.59. The van der Waals surface area contributed by atoms with Crippen LogP contribution < -0.4 is 15.2 Å². The van der Waals surface area contributed by atoms with Gasteiger partial charge in [-0.2, -0.15) is 4.98 Å². The predicted octanol–water partition coefficient (Wildman–Crippen LogP) is 4.62. The molecule has 4 atom stereocenters. The Morgan fingerprint density at radius 2 is 1.55 bits per heavy atom. The second-order valence-corrected chi connectivity index (χ2v) is 12.7. The molecular formula is C39H46N4O8. The number of amidine groups is 1. The number of ether oxygens (including phenoxy) is 6. The molecule has 270 valence electrons. The molecule has 1 aromatic heterocycles. The Labute approximate surface area is 298 Å². The number of hydrogen-bond donors (Lipinski definition) is 1. The Morgan fingerprint density at radius 3 is 2.12 bits per heavy atom. The first-order valence-electron chi connectivity index (χ1n) is 17.1. The average Bonchev–Trinajstić information content (AvgIpc) is 3.71. The Bertz CT molecular complexity index is 1780. The van der Waals surface area contributed by atoms with Crippen molar-refractivity contribution in [3.63, 3.8) is 0 Å². The molecule has 0 saturated carbocycles. The van der Waals surface area contributed by atoms with Crippen molar-refractivity contribution >= 4 is 11.7 Å². The third-order valence-corrected chi connectivity index (χ3v) is 9.50. The van der Waals surface area contributed by atoms with E-state index >= 15 is 0 Å². The molecule has 0 unspecified atom stereocenters. The molecule has 1 N–H and O–H groups in total. The van der Waals surface area contributed by atoms with Crippen LogP contribution in [0, 0.1) is 6.92 Å². The van der Waals surface area contributed by atoms with Crippen molar-refractivity contribution in [3.05, 3.63) is 118 Å². The van der Waals surface area contributed by atoms with Crippen LogP contribution in [-0.2, 0) is 24.5 Å². The largest absolute Gasteiger partial charge is 0.497 e. The van der Waals surface area contributed by atoms with Gasteiger partial charge in [-0.25, -0.2) is 9.79 Å². The van der Waals surface area contributed by atoms with E-state index in [1.54, 1.807) is 27.5 Å². The fraction of sp³-hybridized carbons (Fsp3) is 0.410. The second-order valence-electron chi connectivity index (χ2n) is 12.7. The van der Waals surface area contributed by atoms with E-state index in [4.69, 9.17) is 28.4 Å². The van der Waals surface area contributed by atoms with E-state index < -0.39 is 35.8 Å². The summed E-state index contributed by atoms with van der Waals surface area (Å²) in [5.74, 6) is 2.66. The summed E-state index contributed by atoms with van der Waals surface area (Å²) in [4.78, 5) is 24.7. The molecule has 3 aromatic carbocycles. The van der Waals surface area contributed by atoms with Gasteiger partial charge in [0.2, 0.25) is 0 Å². The lowest BCUT2D eigenvalue weighted by Crippen LogP contribution is -2.41. The van der Waals surface area contributed by atoms with E-state index in [-0.39, 0.29) is 13.2 Å². The van der Waals surface area contributed by atoms with E-state index in [1.165, 1.54) is 4.57 Å². The summed E-state index contributed by atoms with van der Waals surface area (Å²) in [6.45, 7) is 3.17. The lowest BCUT2D eigenvalue weighted by Gasteiger charge is -2.37. The van der Waals surface area contributed by atoms with E-state index in [0.717, 1.165) is 41.9 Å². The van der Waals surface area contributed by atoms with Crippen molar-refractivity contribution < 1.29 is 33.5 Å². The Kier molecular flexibility index (Phi) is 11.5. The number of aliphatic hydroxyl groups is 1. The zero-order chi connectivity index (χ0) is 36.0. The van der Waals surface area contributed by atoms with E-state index in [2.05, 4.69) is 14.9 Å². The van der Waals surface area contributed by atoms with E-state index in [0.29, 0.717) is 29.5 Å². The minimum absolute atomic E-state index is 0.0615. The molecule has 6 rings (SSSR count). The monoisotopic (exact) mass is 698 g/mol. The third-order valence-electron chi connectivity index (χ3n) is 9.50. The topological polar surface area (TPSA) is 126 Å². The number of benzene rings is 3. The fourth-order valence-corrected chi connectivity index (χ4v) is 6.72. The molecule has 0 spiro atoms. The van der Waals surface area contributed by atoms with Crippen LogP contribution in [0.5, 0.6) is 11.5 Å². The van der Waals surface area contributed by atoms with Crippen LogP contribution in [0.2, 0.25) is 0 Å². The number of aryl methyl sites for hydroxylation is 1. The Balaban J connectivity index is 1.37. The highest BCUT2D eigenvalue weighted by Crippen LogP contribution is 2.43. The van der Waals surface area contributed by atoms with Crippen molar-refractivity contribution in [2.24, 2.45) is 4.99 Å². The summed E-state index contributed by atoms with van der Waals surface area (Å²) in [6.07, 6.45) is -0.460. The molecule has 2 fully saturated rings. The van der Waals surface area contributed by atoms with Crippen LogP contribution in [0.4, 0.5) is 5.82 Å². The zero-order valence-electron chi connectivity index (χ0n) is 29.7. The van der Waals surface area contributed by atoms with Crippen molar-refractivity contribution in [2.45, 2.75) is 49.9 Å². The maximum absolute atomic E-state index is 13.6. The van der Waals surface area contributed by atoms with Crippen LogP contribution in [0.3, 0.4) is 0 Å². The molecule has 0 radical (unpaired) electrons. The van der Waals surface area contributed by atoms with Gasteiger partial charge in [-0.05, 0) is 54.3 Å². The third kappa shape index (κ3) is 7.56. The average molecular weight is 699 g/mol. The minimum Gasteiger partial charge on any atom is -0.497 e. The molecule has 4 aromatic rings. The first kappa shape index (κ1) is 36.2. The molecule has 51 heavy (non-hydrogen) atoms. The van der Waals surface area contributed by atoms with Crippen LogP contribution in [0.15, 0.2) is 94.8 Å². The van der Waals surface area contributed by atoms with Crippen molar-refractivity contribution in [1.29, 1.82) is 0 Å². The van der Waals surface area contributed by atoms with Crippen LogP contribution in [0.1, 0.15) is 41.3 Å². The first-order valence-corrected chi connectivity index (χ1v) is 17.1. The van der Waals surface area contributed by atoms with Gasteiger partial charge < -0.3 is 38.4 Å². The van der Waals surface area contributed by atoms with Crippen molar-refractivity contribution in [3.8, 4) is 11.5 Å². The standard InChI is InChI=1S/C39H46N4O8/c1-26-24-43(38(45)41-36(26)40-33-12-9-21-42(33)2)37-35(49-23-22-46-3)34(44)32(51-37)25-50-39(27-10-7-6-8-11-27,28-13-17-30(47-4)18-14-28)29-15-19-31(48-5)20-16-29/h6-8,10-11,13-20,24,32,34-35,37,44H,9,12,21-23,25H2,1-5H3/t32-,34-,35-,37-/m1/s1. The molecule has 0 bridgehead atoms. The number of aliphatic imine (C=N–C) groups is 1. The SMILES string of the molecule is COCCO[C@@H]1[C@H](O)[C@@H](COC(c2ccccc2)(c2ccc(OC)cc2)c2ccc(OC)cc2)O[C@H]1n1cc(C)c(N=C2CCCN2C)nc1=O. The fourth-order valence-electron chi connectivity index (χ4n) is 6.72. The minimum atomic E-state index is -1.16. The highest BCUT2D eigenvalue weighted by Gasteiger charge is 2.48. The number of hydrogen-bond acceptors (Lipinski definition) is 10. The van der Waals surface area contributed by atoms with Gasteiger partial charge >= 0.3 is 5.69 Å². The van der Waals surface area contributed by atoms with Gasteiger partial charge in [-0.3, -0.25) is 4.57 Å². The number of nitrogens with zero attached hydrogens (tertiary/aromatic N) is 4. The molecule has 2 saturated heterocycles. The lowest BCUT2D eigenvalue weighted by atomic mass is 9.80. The molecule has 3 heterocycles. The van der Waals surface area contributed by atoms with Gasteiger partial charge in [0.15, 0.2) is 12.0 Å². The maximum atomic E-state index is 13.6. The molecule has 12 nitrogen and oxygen atoms in total. The maximum Gasteiger partial charge on any atom is 0.351 e. The molecular weight excluding hydrogens is 652 g/mol. The summed E-state index contributed by atoms with van der Waals surface area (Å²) in [6, 6.07) is 25.3. The van der Waals surface area contributed by atoms with Crippen molar-refractivity contribution in [1.82, 2.24) is 14.5 Å². The summed E-state index contributed by atoms with van der Waals surface area (Å²) < 4.78 is 37.2. The number of methoxy groups -OCH3 is 3. The highest BCUT2D eigenvalue weighted by molar-refractivity contribution is 5.86. The van der Waals surface area contributed by atoms with Crippen LogP contribution >= 0.6 is 0 Å². The molecule has 12 heteroatoms. The van der Waals surface area contributed by atoms with Gasteiger partial charge in [-0.1, -0.05) is 54.6 Å². The smallest absolute Gasteiger partial charge is 0.351 e. The number of rotatable bonds is 14. The number of aromatic nitrogens is 2. The van der Waals surface area contributed by atoms with E-state index in [9.17, 15) is 9.90 Å². The quantitative estimate of drug-likeness (QED) is 0.147. The number of aliphatic hydroxyl groups excluding tert-OH is 1. The van der Waals surface area contributed by atoms with Crippen LogP contribution in [-0.4, -0.2) is 98.4 Å². The van der Waals surface area contributed by atoms with E-state index in [1.807, 2.05) is 92.8 Å². The molecule has 2 aliphatic rings. The van der Waals surface area contributed by atoms with Crippen LogP contribution in [0.25, 0.3) is 0 Å². The van der Waals surface area contributed by atoms with Crippen molar-refractivity contribution in [2.75, 3.05) is 54.7 Å².